The Labute approximate surface area is 102 Å². The molecule has 1 aliphatic heterocycles. The van der Waals surface area contributed by atoms with Crippen LogP contribution < -0.4 is 5.73 Å². The Hall–Kier alpha value is -0.570. The van der Waals surface area contributed by atoms with Gasteiger partial charge in [0, 0.05) is 30.2 Å². The zero-order valence-corrected chi connectivity index (χ0v) is 10.5. The van der Waals surface area contributed by atoms with E-state index in [4.69, 9.17) is 17.3 Å². The molecule has 0 bridgehead atoms. The van der Waals surface area contributed by atoms with E-state index in [-0.39, 0.29) is 0 Å². The van der Waals surface area contributed by atoms with Crippen molar-refractivity contribution in [2.75, 3.05) is 13.1 Å². The van der Waals surface area contributed by atoms with Gasteiger partial charge in [0.05, 0.1) is 0 Å². The van der Waals surface area contributed by atoms with Crippen LogP contribution in [0, 0.1) is 0 Å². The molecule has 2 nitrogen and oxygen atoms in total. The fourth-order valence-corrected chi connectivity index (χ4v) is 2.61. The fraction of sp³-hybridized carbons (Fsp3) is 0.538. The van der Waals surface area contributed by atoms with Crippen molar-refractivity contribution in [3.8, 4) is 0 Å². The SMILES string of the molecule is CC(c1ccccc1Cl)N1CCC(N)CC1. The summed E-state index contributed by atoms with van der Waals surface area (Å²) in [6.45, 7) is 4.37. The molecule has 0 amide bonds. The van der Waals surface area contributed by atoms with Crippen molar-refractivity contribution in [1.82, 2.24) is 4.90 Å². The zero-order chi connectivity index (χ0) is 11.5. The van der Waals surface area contributed by atoms with Crippen LogP contribution >= 0.6 is 11.6 Å². The molecule has 3 heteroatoms. The van der Waals surface area contributed by atoms with Gasteiger partial charge in [0.25, 0.3) is 0 Å². The second kappa shape index (κ2) is 5.17. The standard InChI is InChI=1S/C13H19ClN2/c1-10(12-4-2-3-5-13(12)14)16-8-6-11(15)7-9-16/h2-5,10-11H,6-9,15H2,1H3. The first kappa shape index (κ1) is 11.9. The first-order valence-electron chi connectivity index (χ1n) is 5.92. The molecular weight excluding hydrogens is 220 g/mol. The molecule has 2 rings (SSSR count). The van der Waals surface area contributed by atoms with Crippen LogP contribution in [0.1, 0.15) is 31.4 Å². The highest BCUT2D eigenvalue weighted by molar-refractivity contribution is 6.31. The van der Waals surface area contributed by atoms with Gasteiger partial charge in [-0.1, -0.05) is 29.8 Å². The maximum absolute atomic E-state index is 6.22. The molecular formula is C13H19ClN2. The smallest absolute Gasteiger partial charge is 0.0453 e. The molecule has 0 spiro atoms. The molecule has 0 aromatic heterocycles. The number of halogens is 1. The molecule has 2 N–H and O–H groups in total. The summed E-state index contributed by atoms with van der Waals surface area (Å²) in [4.78, 5) is 2.46. The van der Waals surface area contributed by atoms with Gasteiger partial charge in [-0.15, -0.1) is 0 Å². The third-order valence-corrected chi connectivity index (χ3v) is 3.82. The molecule has 1 aromatic rings. The van der Waals surface area contributed by atoms with Crippen LogP contribution in [0.2, 0.25) is 5.02 Å². The van der Waals surface area contributed by atoms with E-state index in [2.05, 4.69) is 17.9 Å². The molecule has 1 aliphatic rings. The highest BCUT2D eigenvalue weighted by atomic mass is 35.5. The van der Waals surface area contributed by atoms with E-state index in [1.54, 1.807) is 0 Å². The molecule has 1 fully saturated rings. The minimum Gasteiger partial charge on any atom is -0.328 e. The average molecular weight is 239 g/mol. The second-order valence-corrected chi connectivity index (χ2v) is 4.98. The van der Waals surface area contributed by atoms with Crippen molar-refractivity contribution in [3.05, 3.63) is 34.9 Å². The van der Waals surface area contributed by atoms with Crippen molar-refractivity contribution >= 4 is 11.6 Å². The number of benzene rings is 1. The first-order valence-corrected chi connectivity index (χ1v) is 6.30. The predicted molar refractivity (Wildman–Crippen MR) is 68.6 cm³/mol. The summed E-state index contributed by atoms with van der Waals surface area (Å²) < 4.78 is 0. The van der Waals surface area contributed by atoms with Gasteiger partial charge < -0.3 is 5.73 Å². The Morgan fingerprint density at radius 1 is 1.31 bits per heavy atom. The van der Waals surface area contributed by atoms with E-state index < -0.39 is 0 Å². The minimum atomic E-state index is 0.384. The molecule has 0 aliphatic carbocycles. The van der Waals surface area contributed by atoms with Crippen LogP contribution in [0.25, 0.3) is 0 Å². The molecule has 1 heterocycles. The Morgan fingerprint density at radius 3 is 2.56 bits per heavy atom. The number of nitrogens with two attached hydrogens (primary N) is 1. The van der Waals surface area contributed by atoms with Gasteiger partial charge >= 0.3 is 0 Å². The first-order chi connectivity index (χ1) is 7.68. The van der Waals surface area contributed by atoms with Gasteiger partial charge in [-0.2, -0.15) is 0 Å². The number of hydrogen-bond acceptors (Lipinski definition) is 2. The molecule has 0 saturated carbocycles. The van der Waals surface area contributed by atoms with Crippen LogP contribution in [-0.2, 0) is 0 Å². The van der Waals surface area contributed by atoms with Crippen LogP contribution in [0.4, 0.5) is 0 Å². The number of piperidine rings is 1. The Kier molecular flexibility index (Phi) is 3.85. The molecule has 1 aromatic carbocycles. The number of nitrogens with zero attached hydrogens (tertiary/aromatic N) is 1. The number of hydrogen-bond donors (Lipinski definition) is 1. The Morgan fingerprint density at radius 2 is 1.94 bits per heavy atom. The van der Waals surface area contributed by atoms with Gasteiger partial charge in [0.15, 0.2) is 0 Å². The highest BCUT2D eigenvalue weighted by Crippen LogP contribution is 2.28. The third-order valence-electron chi connectivity index (χ3n) is 3.48. The summed E-state index contributed by atoms with van der Waals surface area (Å²) in [5, 5.41) is 0.866. The quantitative estimate of drug-likeness (QED) is 0.859. The van der Waals surface area contributed by atoms with Crippen LogP contribution in [0.5, 0.6) is 0 Å². The Bertz CT molecular complexity index is 346. The lowest BCUT2D eigenvalue weighted by atomic mass is 10.0. The fourth-order valence-electron chi connectivity index (χ4n) is 2.32. The highest BCUT2D eigenvalue weighted by Gasteiger charge is 2.22. The second-order valence-electron chi connectivity index (χ2n) is 4.57. The summed E-state index contributed by atoms with van der Waals surface area (Å²) in [7, 11) is 0. The number of rotatable bonds is 2. The molecule has 1 saturated heterocycles. The maximum atomic E-state index is 6.22. The third kappa shape index (κ3) is 2.57. The summed E-state index contributed by atoms with van der Waals surface area (Å²) >= 11 is 6.22. The van der Waals surface area contributed by atoms with Crippen molar-refractivity contribution < 1.29 is 0 Å². The van der Waals surface area contributed by atoms with E-state index in [9.17, 15) is 0 Å². The number of likely N-dealkylation sites (tertiary alicyclic amines) is 1. The van der Waals surface area contributed by atoms with Crippen molar-refractivity contribution in [2.24, 2.45) is 5.73 Å². The molecule has 16 heavy (non-hydrogen) atoms. The molecule has 88 valence electrons. The monoisotopic (exact) mass is 238 g/mol. The lowest BCUT2D eigenvalue weighted by Gasteiger charge is -2.35. The largest absolute Gasteiger partial charge is 0.328 e. The molecule has 0 radical (unpaired) electrons. The lowest BCUT2D eigenvalue weighted by molar-refractivity contribution is 0.163. The Balaban J connectivity index is 2.07. The zero-order valence-electron chi connectivity index (χ0n) is 9.70. The molecule has 1 atom stereocenters. The minimum absolute atomic E-state index is 0.384. The summed E-state index contributed by atoms with van der Waals surface area (Å²) in [5.74, 6) is 0. The van der Waals surface area contributed by atoms with E-state index >= 15 is 0 Å². The van der Waals surface area contributed by atoms with Crippen molar-refractivity contribution in [1.29, 1.82) is 0 Å². The average Bonchev–Trinajstić information content (AvgIpc) is 2.30. The van der Waals surface area contributed by atoms with Gasteiger partial charge in [0.1, 0.15) is 0 Å². The van der Waals surface area contributed by atoms with E-state index in [0.717, 1.165) is 31.0 Å². The molecule has 1 unspecified atom stereocenters. The predicted octanol–water partition coefficient (Wildman–Crippen LogP) is 2.82. The van der Waals surface area contributed by atoms with Gasteiger partial charge in [0.2, 0.25) is 0 Å². The van der Waals surface area contributed by atoms with Gasteiger partial charge in [-0.3, -0.25) is 4.90 Å². The lowest BCUT2D eigenvalue weighted by Crippen LogP contribution is -2.40. The topological polar surface area (TPSA) is 29.3 Å². The van der Waals surface area contributed by atoms with Gasteiger partial charge in [-0.25, -0.2) is 0 Å². The van der Waals surface area contributed by atoms with E-state index in [0.29, 0.717) is 12.1 Å². The van der Waals surface area contributed by atoms with Crippen LogP contribution in [0.3, 0.4) is 0 Å². The van der Waals surface area contributed by atoms with Gasteiger partial charge in [-0.05, 0) is 31.4 Å². The summed E-state index contributed by atoms with van der Waals surface area (Å²) in [6, 6.07) is 8.87. The van der Waals surface area contributed by atoms with Crippen molar-refractivity contribution in [2.45, 2.75) is 31.8 Å². The van der Waals surface area contributed by atoms with Crippen molar-refractivity contribution in [3.63, 3.8) is 0 Å². The summed E-state index contributed by atoms with van der Waals surface area (Å²) in [6.07, 6.45) is 2.18. The van der Waals surface area contributed by atoms with E-state index in [1.807, 2.05) is 18.2 Å². The van der Waals surface area contributed by atoms with Crippen LogP contribution in [0.15, 0.2) is 24.3 Å². The van der Waals surface area contributed by atoms with Crippen LogP contribution in [-0.4, -0.2) is 24.0 Å². The van der Waals surface area contributed by atoms with E-state index in [1.165, 1.54) is 5.56 Å². The maximum Gasteiger partial charge on any atom is 0.0453 e. The summed E-state index contributed by atoms with van der Waals surface area (Å²) in [5.41, 5.74) is 7.13. The normalized spacial score (nSPS) is 20.9.